The zero-order valence-electron chi connectivity index (χ0n) is 11.6. The molecule has 0 aliphatic carbocycles. The van der Waals surface area contributed by atoms with Gasteiger partial charge in [0.25, 0.3) is 0 Å². The molecule has 1 fully saturated rings. The minimum absolute atomic E-state index is 0.136. The SMILES string of the molecule is O=C(O)Cc1ccc(S(=O)(=O)N2CCCCC2CO)cc1. The van der Waals surface area contributed by atoms with Crippen LogP contribution >= 0.6 is 0 Å². The zero-order chi connectivity index (χ0) is 15.5. The molecule has 21 heavy (non-hydrogen) atoms. The molecule has 0 aromatic heterocycles. The van der Waals surface area contributed by atoms with E-state index in [1.54, 1.807) is 0 Å². The molecule has 1 aromatic carbocycles. The number of rotatable bonds is 5. The largest absolute Gasteiger partial charge is 0.481 e. The van der Waals surface area contributed by atoms with Crippen LogP contribution in [0.15, 0.2) is 29.2 Å². The number of carboxylic acids is 1. The van der Waals surface area contributed by atoms with Crippen molar-refractivity contribution in [2.24, 2.45) is 0 Å². The van der Waals surface area contributed by atoms with Gasteiger partial charge in [-0.1, -0.05) is 18.6 Å². The summed E-state index contributed by atoms with van der Waals surface area (Å²) in [6, 6.07) is 5.51. The Morgan fingerprint density at radius 2 is 1.90 bits per heavy atom. The van der Waals surface area contributed by atoms with E-state index in [1.165, 1.54) is 28.6 Å². The molecule has 1 heterocycles. The number of nitrogens with zero attached hydrogens (tertiary/aromatic N) is 1. The average Bonchev–Trinajstić information content (AvgIpc) is 2.47. The van der Waals surface area contributed by atoms with Gasteiger partial charge in [-0.25, -0.2) is 8.42 Å². The first-order chi connectivity index (χ1) is 9.95. The molecule has 0 saturated carbocycles. The first-order valence-corrected chi connectivity index (χ1v) is 8.32. The van der Waals surface area contributed by atoms with Gasteiger partial charge in [0.1, 0.15) is 0 Å². The number of carbonyl (C=O) groups is 1. The normalized spacial score (nSPS) is 20.3. The maximum Gasteiger partial charge on any atom is 0.307 e. The van der Waals surface area contributed by atoms with Crippen molar-refractivity contribution in [1.29, 1.82) is 0 Å². The molecular formula is C14H19NO5S. The minimum atomic E-state index is -3.64. The van der Waals surface area contributed by atoms with E-state index < -0.39 is 16.0 Å². The molecule has 1 aliphatic heterocycles. The van der Waals surface area contributed by atoms with Crippen LogP contribution in [0.5, 0.6) is 0 Å². The molecule has 0 spiro atoms. The van der Waals surface area contributed by atoms with Crippen LogP contribution < -0.4 is 0 Å². The smallest absolute Gasteiger partial charge is 0.307 e. The third-order valence-electron chi connectivity index (χ3n) is 3.67. The summed E-state index contributed by atoms with van der Waals surface area (Å²) < 4.78 is 26.5. The standard InChI is InChI=1S/C14H19NO5S/c16-10-12-3-1-2-8-15(12)21(19,20)13-6-4-11(5-7-13)9-14(17)18/h4-7,12,16H,1-3,8-10H2,(H,17,18). The highest BCUT2D eigenvalue weighted by Gasteiger charge is 2.32. The fraction of sp³-hybridized carbons (Fsp3) is 0.500. The fourth-order valence-corrected chi connectivity index (χ4v) is 4.25. The predicted octanol–water partition coefficient (Wildman–Crippen LogP) is 0.849. The number of aliphatic carboxylic acids is 1. The Labute approximate surface area is 124 Å². The number of aliphatic hydroxyl groups is 1. The van der Waals surface area contributed by atoms with Gasteiger partial charge in [0.2, 0.25) is 10.0 Å². The molecule has 7 heteroatoms. The van der Waals surface area contributed by atoms with Crippen molar-refractivity contribution in [2.75, 3.05) is 13.2 Å². The molecule has 0 bridgehead atoms. The fourth-order valence-electron chi connectivity index (χ4n) is 2.56. The first-order valence-electron chi connectivity index (χ1n) is 6.88. The highest BCUT2D eigenvalue weighted by atomic mass is 32.2. The lowest BCUT2D eigenvalue weighted by Crippen LogP contribution is -2.45. The predicted molar refractivity (Wildman–Crippen MR) is 76.4 cm³/mol. The lowest BCUT2D eigenvalue weighted by Gasteiger charge is -2.33. The van der Waals surface area contributed by atoms with Crippen LogP contribution in [-0.4, -0.2) is 48.1 Å². The van der Waals surface area contributed by atoms with E-state index in [0.717, 1.165) is 12.8 Å². The van der Waals surface area contributed by atoms with E-state index in [4.69, 9.17) is 5.11 Å². The third-order valence-corrected chi connectivity index (χ3v) is 5.64. The Bertz CT molecular complexity index is 596. The second-order valence-corrected chi connectivity index (χ2v) is 7.05. The molecular weight excluding hydrogens is 294 g/mol. The van der Waals surface area contributed by atoms with Crippen LogP contribution in [0.4, 0.5) is 0 Å². The number of aliphatic hydroxyl groups excluding tert-OH is 1. The van der Waals surface area contributed by atoms with Gasteiger partial charge in [0, 0.05) is 12.6 Å². The van der Waals surface area contributed by atoms with Gasteiger partial charge in [-0.2, -0.15) is 4.31 Å². The summed E-state index contributed by atoms with van der Waals surface area (Å²) in [5.74, 6) is -0.956. The van der Waals surface area contributed by atoms with Crippen molar-refractivity contribution in [2.45, 2.75) is 36.6 Å². The summed E-state index contributed by atoms with van der Waals surface area (Å²) in [6.45, 7) is 0.223. The molecule has 6 nitrogen and oxygen atoms in total. The van der Waals surface area contributed by atoms with Crippen LogP contribution in [0.3, 0.4) is 0 Å². The maximum atomic E-state index is 12.6. The van der Waals surface area contributed by atoms with Gasteiger partial charge < -0.3 is 10.2 Å². The second-order valence-electron chi connectivity index (χ2n) is 5.16. The lowest BCUT2D eigenvalue weighted by molar-refractivity contribution is -0.136. The Morgan fingerprint density at radius 1 is 1.24 bits per heavy atom. The topological polar surface area (TPSA) is 94.9 Å². The number of benzene rings is 1. The van der Waals surface area contributed by atoms with Gasteiger partial charge in [0.05, 0.1) is 17.9 Å². The molecule has 2 rings (SSSR count). The van der Waals surface area contributed by atoms with Crippen molar-refractivity contribution in [3.05, 3.63) is 29.8 Å². The Morgan fingerprint density at radius 3 is 2.48 bits per heavy atom. The Kier molecular flexibility index (Phi) is 4.97. The third kappa shape index (κ3) is 3.61. The molecule has 2 N–H and O–H groups in total. The Hall–Kier alpha value is -1.44. The number of hydrogen-bond acceptors (Lipinski definition) is 4. The summed E-state index contributed by atoms with van der Waals surface area (Å²) in [4.78, 5) is 10.8. The van der Waals surface area contributed by atoms with E-state index >= 15 is 0 Å². The first kappa shape index (κ1) is 15.9. The summed E-state index contributed by atoms with van der Waals surface area (Å²) >= 11 is 0. The van der Waals surface area contributed by atoms with E-state index in [-0.39, 0.29) is 24.0 Å². The Balaban J connectivity index is 2.24. The monoisotopic (exact) mass is 313 g/mol. The summed E-state index contributed by atoms with van der Waals surface area (Å²) in [7, 11) is -3.64. The van der Waals surface area contributed by atoms with Crippen LogP contribution in [0, 0.1) is 0 Å². The van der Waals surface area contributed by atoms with Crippen molar-refractivity contribution < 1.29 is 23.4 Å². The van der Waals surface area contributed by atoms with Crippen molar-refractivity contribution >= 4 is 16.0 Å². The van der Waals surface area contributed by atoms with Crippen molar-refractivity contribution in [3.8, 4) is 0 Å². The van der Waals surface area contributed by atoms with Gasteiger partial charge in [-0.3, -0.25) is 4.79 Å². The van der Waals surface area contributed by atoms with Crippen molar-refractivity contribution in [1.82, 2.24) is 4.31 Å². The molecule has 1 unspecified atom stereocenters. The highest BCUT2D eigenvalue weighted by Crippen LogP contribution is 2.25. The number of piperidine rings is 1. The lowest BCUT2D eigenvalue weighted by atomic mass is 10.1. The van der Waals surface area contributed by atoms with E-state index in [9.17, 15) is 18.3 Å². The number of carboxylic acid groups (broad SMARTS) is 1. The molecule has 1 saturated heterocycles. The van der Waals surface area contributed by atoms with Crippen LogP contribution in [0.2, 0.25) is 0 Å². The highest BCUT2D eigenvalue weighted by molar-refractivity contribution is 7.89. The van der Waals surface area contributed by atoms with Gasteiger partial charge in [-0.15, -0.1) is 0 Å². The second kappa shape index (κ2) is 6.55. The molecule has 116 valence electrons. The maximum absolute atomic E-state index is 12.6. The molecule has 0 amide bonds. The molecule has 1 atom stereocenters. The van der Waals surface area contributed by atoms with Crippen LogP contribution in [-0.2, 0) is 21.2 Å². The average molecular weight is 313 g/mol. The van der Waals surface area contributed by atoms with Crippen molar-refractivity contribution in [3.63, 3.8) is 0 Å². The molecule has 0 radical (unpaired) electrons. The summed E-state index contributed by atoms with van der Waals surface area (Å²) in [6.07, 6.45) is 2.22. The van der Waals surface area contributed by atoms with E-state index in [1.807, 2.05) is 0 Å². The number of sulfonamides is 1. The van der Waals surface area contributed by atoms with E-state index in [2.05, 4.69) is 0 Å². The van der Waals surface area contributed by atoms with Crippen LogP contribution in [0.25, 0.3) is 0 Å². The van der Waals surface area contributed by atoms with E-state index in [0.29, 0.717) is 18.5 Å². The zero-order valence-corrected chi connectivity index (χ0v) is 12.4. The minimum Gasteiger partial charge on any atom is -0.481 e. The van der Waals surface area contributed by atoms with Gasteiger partial charge >= 0.3 is 5.97 Å². The van der Waals surface area contributed by atoms with Crippen LogP contribution in [0.1, 0.15) is 24.8 Å². The summed E-state index contributed by atoms with van der Waals surface area (Å²) in [5.41, 5.74) is 0.554. The van der Waals surface area contributed by atoms with Gasteiger partial charge in [-0.05, 0) is 30.5 Å². The molecule has 1 aromatic rings. The number of hydrogen-bond donors (Lipinski definition) is 2. The van der Waals surface area contributed by atoms with Gasteiger partial charge in [0.15, 0.2) is 0 Å². The quantitative estimate of drug-likeness (QED) is 0.840. The summed E-state index contributed by atoms with van der Waals surface area (Å²) in [5, 5.41) is 18.1. The molecule has 1 aliphatic rings.